The zero-order chi connectivity index (χ0) is 17.4. The van der Waals surface area contributed by atoms with Crippen molar-refractivity contribution < 1.29 is 28.1 Å². The van der Waals surface area contributed by atoms with Crippen molar-refractivity contribution in [2.45, 2.75) is 44.0 Å². The van der Waals surface area contributed by atoms with Gasteiger partial charge in [-0.25, -0.2) is 8.78 Å². The first-order chi connectivity index (χ1) is 11.4. The number of hydrogen-bond donors (Lipinski definition) is 1. The van der Waals surface area contributed by atoms with Gasteiger partial charge in [0.15, 0.2) is 17.4 Å². The topological polar surface area (TPSA) is 47.9 Å². The number of rotatable bonds is 3. The molecule has 24 heavy (non-hydrogen) atoms. The van der Waals surface area contributed by atoms with Gasteiger partial charge in [-0.05, 0) is 31.4 Å². The number of benzene rings is 1. The Labute approximate surface area is 140 Å². The summed E-state index contributed by atoms with van der Waals surface area (Å²) in [5.41, 5.74) is -0.379. The molecule has 1 saturated carbocycles. The first-order valence-electron chi connectivity index (χ1n) is 8.10. The second kappa shape index (κ2) is 6.43. The van der Waals surface area contributed by atoms with E-state index < -0.39 is 23.0 Å². The van der Waals surface area contributed by atoms with E-state index in [9.17, 15) is 13.9 Å². The largest absolute Gasteiger partial charge is 0.494 e. The van der Waals surface area contributed by atoms with Crippen molar-refractivity contribution in [2.75, 3.05) is 20.3 Å². The second-order valence-electron chi connectivity index (χ2n) is 6.47. The predicted octanol–water partition coefficient (Wildman–Crippen LogP) is 3.42. The molecule has 1 aliphatic heterocycles. The van der Waals surface area contributed by atoms with Gasteiger partial charge in [-0.15, -0.1) is 0 Å². The molecule has 1 saturated heterocycles. The minimum absolute atomic E-state index is 0.0906. The van der Waals surface area contributed by atoms with Gasteiger partial charge in [-0.2, -0.15) is 0 Å². The highest BCUT2D eigenvalue weighted by molar-refractivity contribution is 5.56. The van der Waals surface area contributed by atoms with Gasteiger partial charge < -0.3 is 19.3 Å². The number of ether oxygens (including phenoxy) is 3. The molecular weight excluding hydrogens is 318 g/mol. The maximum absolute atomic E-state index is 14.1. The Bertz CT molecular complexity index is 641. The van der Waals surface area contributed by atoms with Gasteiger partial charge in [0, 0.05) is 24.5 Å². The third kappa shape index (κ3) is 3.18. The minimum Gasteiger partial charge on any atom is -0.494 e. The molecule has 0 bridgehead atoms. The van der Waals surface area contributed by atoms with Crippen LogP contribution in [0.1, 0.15) is 38.2 Å². The number of halogens is 2. The highest BCUT2D eigenvalue weighted by atomic mass is 19.1. The minimum atomic E-state index is -1.07. The van der Waals surface area contributed by atoms with Crippen LogP contribution in [-0.2, 0) is 9.47 Å². The Morgan fingerprint density at radius 1 is 1.12 bits per heavy atom. The Kier molecular flexibility index (Phi) is 4.64. The SMILES string of the molecule is COc1cc(F)c(/C=C(\C)C2(O)CCC3(CC2)OCCO3)cc1F. The molecule has 0 unspecified atom stereocenters. The number of hydrogen-bond acceptors (Lipinski definition) is 4. The van der Waals surface area contributed by atoms with E-state index in [4.69, 9.17) is 14.2 Å². The normalized spacial score (nSPS) is 22.8. The fraction of sp³-hybridized carbons (Fsp3) is 0.556. The lowest BCUT2D eigenvalue weighted by atomic mass is 9.76. The Balaban J connectivity index is 1.79. The average Bonchev–Trinajstić information content (AvgIpc) is 3.02. The van der Waals surface area contributed by atoms with Crippen molar-refractivity contribution in [2.24, 2.45) is 0 Å². The molecule has 2 aliphatic rings. The summed E-state index contributed by atoms with van der Waals surface area (Å²) >= 11 is 0. The Hall–Kier alpha value is -1.50. The molecule has 132 valence electrons. The van der Waals surface area contributed by atoms with Crippen LogP contribution in [0, 0.1) is 11.6 Å². The quantitative estimate of drug-likeness (QED) is 0.916. The summed E-state index contributed by atoms with van der Waals surface area (Å²) in [6.07, 6.45) is 3.56. The van der Waals surface area contributed by atoms with Gasteiger partial charge in [0.25, 0.3) is 0 Å². The Morgan fingerprint density at radius 3 is 2.33 bits per heavy atom. The lowest BCUT2D eigenvalue weighted by molar-refractivity contribution is -0.197. The summed E-state index contributed by atoms with van der Waals surface area (Å²) in [5, 5.41) is 10.9. The van der Waals surface area contributed by atoms with Crippen LogP contribution >= 0.6 is 0 Å². The van der Waals surface area contributed by atoms with E-state index in [0.717, 1.165) is 12.1 Å². The summed E-state index contributed by atoms with van der Waals surface area (Å²) in [6.45, 7) is 2.88. The molecular formula is C18H22F2O4. The zero-order valence-electron chi connectivity index (χ0n) is 13.9. The smallest absolute Gasteiger partial charge is 0.168 e. The second-order valence-corrected chi connectivity index (χ2v) is 6.47. The maximum atomic E-state index is 14.1. The van der Waals surface area contributed by atoms with Crippen molar-refractivity contribution in [1.82, 2.24) is 0 Å². The monoisotopic (exact) mass is 340 g/mol. The highest BCUT2D eigenvalue weighted by Gasteiger charge is 2.46. The van der Waals surface area contributed by atoms with Crippen LogP contribution in [0.2, 0.25) is 0 Å². The lowest BCUT2D eigenvalue weighted by Crippen LogP contribution is -2.44. The summed E-state index contributed by atoms with van der Waals surface area (Å²) in [4.78, 5) is 0. The molecule has 1 aromatic carbocycles. The molecule has 0 aromatic heterocycles. The van der Waals surface area contributed by atoms with E-state index in [1.54, 1.807) is 6.92 Å². The molecule has 1 N–H and O–H groups in total. The van der Waals surface area contributed by atoms with Crippen LogP contribution < -0.4 is 4.74 Å². The summed E-state index contributed by atoms with van der Waals surface area (Å²) in [7, 11) is 1.28. The van der Waals surface area contributed by atoms with E-state index in [0.29, 0.717) is 44.5 Å². The van der Waals surface area contributed by atoms with E-state index in [2.05, 4.69) is 0 Å². The maximum Gasteiger partial charge on any atom is 0.168 e. The molecule has 4 nitrogen and oxygen atoms in total. The Morgan fingerprint density at radius 2 is 1.75 bits per heavy atom. The van der Waals surface area contributed by atoms with E-state index in [1.165, 1.54) is 13.2 Å². The van der Waals surface area contributed by atoms with Crippen molar-refractivity contribution >= 4 is 6.08 Å². The van der Waals surface area contributed by atoms with Crippen LogP contribution in [-0.4, -0.2) is 36.8 Å². The molecule has 0 radical (unpaired) electrons. The molecule has 3 rings (SSSR count). The average molecular weight is 340 g/mol. The predicted molar refractivity (Wildman–Crippen MR) is 84.6 cm³/mol. The fourth-order valence-electron chi connectivity index (χ4n) is 3.40. The molecule has 2 fully saturated rings. The van der Waals surface area contributed by atoms with Crippen LogP contribution in [0.25, 0.3) is 6.08 Å². The fourth-order valence-corrected chi connectivity index (χ4v) is 3.40. The van der Waals surface area contributed by atoms with Crippen LogP contribution in [0.5, 0.6) is 5.75 Å². The van der Waals surface area contributed by atoms with E-state index >= 15 is 0 Å². The van der Waals surface area contributed by atoms with Gasteiger partial charge >= 0.3 is 0 Å². The van der Waals surface area contributed by atoms with Gasteiger partial charge in [-0.1, -0.05) is 6.08 Å². The number of aliphatic hydroxyl groups is 1. The highest BCUT2D eigenvalue weighted by Crippen LogP contribution is 2.43. The molecule has 0 atom stereocenters. The van der Waals surface area contributed by atoms with Crippen LogP contribution in [0.4, 0.5) is 8.78 Å². The van der Waals surface area contributed by atoms with Crippen molar-refractivity contribution in [3.05, 3.63) is 34.9 Å². The molecule has 1 aliphatic carbocycles. The van der Waals surface area contributed by atoms with Crippen molar-refractivity contribution in [3.63, 3.8) is 0 Å². The van der Waals surface area contributed by atoms with Crippen molar-refractivity contribution in [1.29, 1.82) is 0 Å². The third-order valence-electron chi connectivity index (χ3n) is 5.03. The van der Waals surface area contributed by atoms with Gasteiger partial charge in [-0.3, -0.25) is 0 Å². The molecule has 1 spiro atoms. The molecule has 1 aromatic rings. The van der Waals surface area contributed by atoms with Gasteiger partial charge in [0.05, 0.1) is 25.9 Å². The van der Waals surface area contributed by atoms with Crippen LogP contribution in [0.15, 0.2) is 17.7 Å². The lowest BCUT2D eigenvalue weighted by Gasteiger charge is -2.41. The first kappa shape index (κ1) is 17.3. The van der Waals surface area contributed by atoms with Gasteiger partial charge in [0.2, 0.25) is 0 Å². The summed E-state index contributed by atoms with van der Waals surface area (Å²) < 4.78 is 44.0. The molecule has 6 heteroatoms. The van der Waals surface area contributed by atoms with Gasteiger partial charge in [0.1, 0.15) is 5.82 Å². The first-order valence-corrected chi connectivity index (χ1v) is 8.10. The van der Waals surface area contributed by atoms with Crippen LogP contribution in [0.3, 0.4) is 0 Å². The third-order valence-corrected chi connectivity index (χ3v) is 5.03. The molecule has 0 amide bonds. The zero-order valence-corrected chi connectivity index (χ0v) is 13.9. The standard InChI is InChI=1S/C18H22F2O4/c1-12(9-13-10-15(20)16(22-2)11-14(13)19)17(21)3-5-18(6-4-17)23-7-8-24-18/h9-11,21H,3-8H2,1-2H3/b12-9+. The van der Waals surface area contributed by atoms with E-state index in [-0.39, 0.29) is 11.3 Å². The summed E-state index contributed by atoms with van der Waals surface area (Å²) in [6, 6.07) is 2.09. The van der Waals surface area contributed by atoms with Crippen molar-refractivity contribution in [3.8, 4) is 5.75 Å². The molecule has 1 heterocycles. The summed E-state index contributed by atoms with van der Waals surface area (Å²) in [5.74, 6) is -1.95. The van der Waals surface area contributed by atoms with E-state index in [1.807, 2.05) is 0 Å². The number of methoxy groups -OCH3 is 1.